The molecule has 1 aromatic rings. The van der Waals surface area contributed by atoms with Crippen molar-refractivity contribution in [3.63, 3.8) is 0 Å². The number of hydrogen-bond acceptors (Lipinski definition) is 3. The van der Waals surface area contributed by atoms with E-state index in [0.29, 0.717) is 17.9 Å². The second kappa shape index (κ2) is 13.9. The summed E-state index contributed by atoms with van der Waals surface area (Å²) in [6.45, 7) is 7.99. The van der Waals surface area contributed by atoms with E-state index in [0.717, 1.165) is 6.54 Å². The van der Waals surface area contributed by atoms with Crippen LogP contribution in [0.5, 0.6) is 0 Å². The minimum absolute atomic E-state index is 0. The number of nitrogens with two attached hydrogens (primary N) is 2. The van der Waals surface area contributed by atoms with E-state index in [1.807, 2.05) is 0 Å². The van der Waals surface area contributed by atoms with Crippen molar-refractivity contribution < 1.29 is 27.3 Å². The van der Waals surface area contributed by atoms with Crippen molar-refractivity contribution in [3.8, 4) is 0 Å². The average Bonchev–Trinajstić information content (AvgIpc) is 2.59. The number of benzene rings is 1. The van der Waals surface area contributed by atoms with Gasteiger partial charge in [-0.15, -0.1) is 0 Å². The molecule has 0 spiro atoms. The maximum absolute atomic E-state index is 12.0. The number of anilines is 1. The molecular formula is C21H37ClN2O2. The average molecular weight is 385 g/mol. The van der Waals surface area contributed by atoms with Crippen molar-refractivity contribution in [1.29, 1.82) is 0 Å². The largest absolute Gasteiger partial charge is 1.00 e. The van der Waals surface area contributed by atoms with Gasteiger partial charge in [0.25, 0.3) is 0 Å². The normalized spacial score (nSPS) is 11.0. The van der Waals surface area contributed by atoms with E-state index in [-0.39, 0.29) is 23.9 Å². The van der Waals surface area contributed by atoms with Crippen molar-refractivity contribution in [2.75, 3.05) is 18.9 Å². The predicted octanol–water partition coefficient (Wildman–Crippen LogP) is 0.912. The quantitative estimate of drug-likeness (QED) is 0.302. The molecule has 0 saturated carbocycles. The Morgan fingerprint density at radius 2 is 1.54 bits per heavy atom. The lowest BCUT2D eigenvalue weighted by Crippen LogP contribution is -3.00. The molecule has 0 saturated heterocycles. The Bertz CT molecular complexity index is 489. The maximum atomic E-state index is 12.0. The van der Waals surface area contributed by atoms with Crippen molar-refractivity contribution in [3.05, 3.63) is 29.8 Å². The van der Waals surface area contributed by atoms with Crippen LogP contribution in [0.4, 0.5) is 5.69 Å². The van der Waals surface area contributed by atoms with E-state index < -0.39 is 0 Å². The third-order valence-electron chi connectivity index (χ3n) is 4.48. The van der Waals surface area contributed by atoms with Crippen LogP contribution < -0.4 is 23.5 Å². The van der Waals surface area contributed by atoms with Crippen LogP contribution in [0.25, 0.3) is 0 Å². The number of rotatable bonds is 13. The lowest BCUT2D eigenvalue weighted by molar-refractivity contribution is -0.722. The molecule has 0 bridgehead atoms. The molecule has 0 radical (unpaired) electrons. The molecule has 0 fully saturated rings. The Morgan fingerprint density at radius 3 is 2.12 bits per heavy atom. The summed E-state index contributed by atoms with van der Waals surface area (Å²) in [6, 6.07) is 6.84. The monoisotopic (exact) mass is 384 g/mol. The summed E-state index contributed by atoms with van der Waals surface area (Å²) in [5.41, 5.74) is 6.74. The summed E-state index contributed by atoms with van der Waals surface area (Å²) >= 11 is 0. The first-order chi connectivity index (χ1) is 11.9. The first kappa shape index (κ1) is 24.7. The van der Waals surface area contributed by atoms with Gasteiger partial charge >= 0.3 is 5.97 Å². The van der Waals surface area contributed by atoms with E-state index in [2.05, 4.69) is 26.1 Å². The Balaban J connectivity index is 0.00000625. The van der Waals surface area contributed by atoms with Gasteiger partial charge in [-0.2, -0.15) is 0 Å². The number of esters is 1. The third-order valence-corrected chi connectivity index (χ3v) is 4.48. The third kappa shape index (κ3) is 11.4. The van der Waals surface area contributed by atoms with E-state index in [9.17, 15) is 4.79 Å². The number of hydrogen-bond donors (Lipinski definition) is 2. The molecule has 1 rings (SSSR count). The SMILES string of the molecule is CCCCCCCCCC[NH2+]C(C)(C)COC(=O)c1ccc(N)cc1.[Cl-]. The van der Waals surface area contributed by atoms with Gasteiger partial charge in [-0.1, -0.05) is 45.4 Å². The molecular weight excluding hydrogens is 348 g/mol. The fourth-order valence-electron chi connectivity index (χ4n) is 2.78. The molecule has 0 atom stereocenters. The first-order valence-corrected chi connectivity index (χ1v) is 9.81. The van der Waals surface area contributed by atoms with Gasteiger partial charge in [0.05, 0.1) is 12.1 Å². The molecule has 5 heteroatoms. The van der Waals surface area contributed by atoms with Crippen LogP contribution in [0.1, 0.15) is 82.5 Å². The molecule has 4 nitrogen and oxygen atoms in total. The van der Waals surface area contributed by atoms with Gasteiger partial charge in [0.15, 0.2) is 0 Å². The molecule has 0 aliphatic heterocycles. The van der Waals surface area contributed by atoms with Gasteiger partial charge in [0.2, 0.25) is 0 Å². The minimum atomic E-state index is -0.284. The summed E-state index contributed by atoms with van der Waals surface area (Å²) in [4.78, 5) is 12.0. The number of quaternary nitrogens is 1. The molecule has 0 aliphatic rings. The van der Waals surface area contributed by atoms with Crippen molar-refractivity contribution in [1.82, 2.24) is 0 Å². The molecule has 150 valence electrons. The zero-order valence-electron chi connectivity index (χ0n) is 16.7. The van der Waals surface area contributed by atoms with Gasteiger partial charge < -0.3 is 28.2 Å². The smallest absolute Gasteiger partial charge is 0.338 e. The second-order valence-electron chi connectivity index (χ2n) is 7.65. The highest BCUT2D eigenvalue weighted by atomic mass is 35.5. The van der Waals surface area contributed by atoms with E-state index in [4.69, 9.17) is 10.5 Å². The van der Waals surface area contributed by atoms with E-state index >= 15 is 0 Å². The summed E-state index contributed by atoms with van der Waals surface area (Å²) in [5.74, 6) is -0.284. The Hall–Kier alpha value is -1.26. The molecule has 0 aliphatic carbocycles. The minimum Gasteiger partial charge on any atom is -1.00 e. The van der Waals surface area contributed by atoms with Crippen molar-refractivity contribution >= 4 is 11.7 Å². The number of carbonyl (C=O) groups is 1. The van der Waals surface area contributed by atoms with Crippen molar-refractivity contribution in [2.24, 2.45) is 0 Å². The number of carbonyl (C=O) groups excluding carboxylic acids is 1. The fraction of sp³-hybridized carbons (Fsp3) is 0.667. The molecule has 0 amide bonds. The summed E-state index contributed by atoms with van der Waals surface area (Å²) in [6.07, 6.45) is 10.7. The number of ether oxygens (including phenoxy) is 1. The summed E-state index contributed by atoms with van der Waals surface area (Å²) in [7, 11) is 0. The summed E-state index contributed by atoms with van der Waals surface area (Å²) < 4.78 is 5.45. The van der Waals surface area contributed by atoms with Gasteiger partial charge in [-0.3, -0.25) is 0 Å². The van der Waals surface area contributed by atoms with Crippen LogP contribution >= 0.6 is 0 Å². The van der Waals surface area contributed by atoms with Gasteiger partial charge in [-0.05, 0) is 51.0 Å². The highest BCUT2D eigenvalue weighted by Gasteiger charge is 2.23. The van der Waals surface area contributed by atoms with Crippen molar-refractivity contribution in [2.45, 2.75) is 77.7 Å². The number of halogens is 1. The van der Waals surface area contributed by atoms with Crippen LogP contribution in [-0.4, -0.2) is 24.7 Å². The maximum Gasteiger partial charge on any atom is 0.338 e. The zero-order chi connectivity index (χ0) is 18.5. The number of unbranched alkanes of at least 4 members (excludes halogenated alkanes) is 7. The lowest BCUT2D eigenvalue weighted by Gasteiger charge is -2.22. The topological polar surface area (TPSA) is 68.9 Å². The zero-order valence-corrected chi connectivity index (χ0v) is 17.5. The van der Waals surface area contributed by atoms with E-state index in [1.165, 1.54) is 51.4 Å². The Labute approximate surface area is 165 Å². The summed E-state index contributed by atoms with van der Waals surface area (Å²) in [5, 5.41) is 2.29. The van der Waals surface area contributed by atoms with Gasteiger partial charge in [-0.25, -0.2) is 4.79 Å². The molecule has 4 N–H and O–H groups in total. The lowest BCUT2D eigenvalue weighted by atomic mass is 10.1. The molecule has 0 aromatic heterocycles. The van der Waals surface area contributed by atoms with Gasteiger partial charge in [0, 0.05) is 5.69 Å². The highest BCUT2D eigenvalue weighted by molar-refractivity contribution is 5.89. The fourth-order valence-corrected chi connectivity index (χ4v) is 2.78. The molecule has 26 heavy (non-hydrogen) atoms. The Kier molecular flexibility index (Phi) is 13.2. The number of nitrogen functional groups attached to an aromatic ring is 1. The van der Waals surface area contributed by atoms with E-state index in [1.54, 1.807) is 24.3 Å². The van der Waals surface area contributed by atoms with Crippen LogP contribution in [0, 0.1) is 0 Å². The second-order valence-corrected chi connectivity index (χ2v) is 7.65. The molecule has 0 unspecified atom stereocenters. The van der Waals surface area contributed by atoms with Gasteiger partial charge in [0.1, 0.15) is 12.1 Å². The van der Waals surface area contributed by atoms with Crippen LogP contribution in [0.2, 0.25) is 0 Å². The Morgan fingerprint density at radius 1 is 1.00 bits per heavy atom. The molecule has 1 aromatic carbocycles. The first-order valence-electron chi connectivity index (χ1n) is 9.81. The molecule has 0 heterocycles. The van der Waals surface area contributed by atoms with Crippen LogP contribution in [-0.2, 0) is 4.74 Å². The highest BCUT2D eigenvalue weighted by Crippen LogP contribution is 2.09. The predicted molar refractivity (Wildman–Crippen MR) is 105 cm³/mol. The van der Waals surface area contributed by atoms with Crippen LogP contribution in [0.15, 0.2) is 24.3 Å². The van der Waals surface area contributed by atoms with Crippen LogP contribution in [0.3, 0.4) is 0 Å². The standard InChI is InChI=1S/C21H36N2O2.ClH/c1-4-5-6-7-8-9-10-11-16-23-21(2,3)17-25-20(24)18-12-14-19(22)15-13-18;/h12-15,23H,4-11,16-17,22H2,1-3H3;1H.